The quantitative estimate of drug-likeness (QED) is 0.147. The smallest absolute Gasteiger partial charge is 0.407 e. The van der Waals surface area contributed by atoms with Gasteiger partial charge in [-0.1, -0.05) is 70.9 Å². The van der Waals surface area contributed by atoms with Crippen LogP contribution in [-0.4, -0.2) is 94.4 Å². The third kappa shape index (κ3) is 8.31. The van der Waals surface area contributed by atoms with Crippen LogP contribution in [0.2, 0.25) is 0 Å². The molecule has 3 aromatic carbocycles. The number of amides is 4. The Morgan fingerprint density at radius 1 is 0.758 bits per heavy atom. The number of fused-ring (bicyclic) bond motifs is 3. The molecule has 6 atom stereocenters. The fraction of sp³-hybridized carbons (Fsp3) is 0.479. The van der Waals surface area contributed by atoms with Crippen molar-refractivity contribution in [2.75, 3.05) is 20.8 Å². The number of carbonyl (C=O) groups excluding carboxylic acids is 4. The maximum absolute atomic E-state index is 14.3. The fourth-order valence-electron chi connectivity index (χ4n) is 10.1. The molecular weight excluding hydrogens is 787 g/mol. The molecule has 0 bridgehead atoms. The Bertz CT molecular complexity index is 2530. The number of benzene rings is 3. The number of rotatable bonds is 10. The summed E-state index contributed by atoms with van der Waals surface area (Å²) < 4.78 is 9.65. The summed E-state index contributed by atoms with van der Waals surface area (Å²) in [5.74, 6) is 0.162. The van der Waals surface area contributed by atoms with E-state index in [0.717, 1.165) is 77.3 Å². The van der Waals surface area contributed by atoms with E-state index in [2.05, 4.69) is 52.0 Å². The average molecular weight is 844 g/mol. The molecule has 4 aliphatic rings. The number of allylic oxidation sites excluding steroid dienone is 1. The zero-order valence-electron chi connectivity index (χ0n) is 36.4. The van der Waals surface area contributed by atoms with Gasteiger partial charge in [0.25, 0.3) is 5.56 Å². The first-order valence-electron chi connectivity index (χ1n) is 22.0. The average Bonchev–Trinajstić information content (AvgIpc) is 4.05. The fourth-order valence-corrected chi connectivity index (χ4v) is 10.1. The van der Waals surface area contributed by atoms with Gasteiger partial charge in [0.15, 0.2) is 0 Å². The summed E-state index contributed by atoms with van der Waals surface area (Å²) in [4.78, 5) is 82.7. The highest BCUT2D eigenvalue weighted by molar-refractivity contribution is 6.04. The zero-order chi connectivity index (χ0) is 43.8. The lowest BCUT2D eigenvalue weighted by molar-refractivity contribution is -0.138. The number of hydrogen-bond donors (Lipinski definition) is 3. The van der Waals surface area contributed by atoms with Crippen LogP contribution in [0.3, 0.4) is 0 Å². The Hall–Kier alpha value is -6.05. The van der Waals surface area contributed by atoms with Crippen LogP contribution in [0.5, 0.6) is 0 Å². The summed E-state index contributed by atoms with van der Waals surface area (Å²) in [6, 6.07) is 16.4. The molecule has 1 saturated carbocycles. The van der Waals surface area contributed by atoms with E-state index < -0.39 is 30.3 Å². The Kier molecular flexibility index (Phi) is 12.2. The number of likely N-dealkylation sites (tertiary alicyclic amines) is 2. The van der Waals surface area contributed by atoms with Crippen LogP contribution in [0.4, 0.5) is 9.59 Å². The van der Waals surface area contributed by atoms with Gasteiger partial charge in [-0.05, 0) is 107 Å². The third-order valence-corrected chi connectivity index (χ3v) is 13.4. The molecule has 0 unspecified atom stereocenters. The second-order valence-electron chi connectivity index (χ2n) is 17.9. The first kappa shape index (κ1) is 42.6. The number of hydrogen-bond acceptors (Lipinski definition) is 9. The number of alkyl carbamates (subject to hydrolysis) is 2. The molecule has 3 N–H and O–H groups in total. The number of nitrogens with one attached hydrogen (secondary N) is 3. The molecular formula is C48H57N7O7. The third-order valence-electron chi connectivity index (χ3n) is 13.4. The molecule has 62 heavy (non-hydrogen) atoms. The van der Waals surface area contributed by atoms with Gasteiger partial charge in [-0.2, -0.15) is 0 Å². The van der Waals surface area contributed by atoms with Crippen molar-refractivity contribution in [3.05, 3.63) is 82.5 Å². The second kappa shape index (κ2) is 17.7. The number of nitrogens with zero attached hydrogens (tertiary/aromatic N) is 4. The Labute approximate surface area is 361 Å². The van der Waals surface area contributed by atoms with Gasteiger partial charge in [0.2, 0.25) is 11.8 Å². The molecule has 326 valence electrons. The lowest BCUT2D eigenvalue weighted by Gasteiger charge is -2.37. The minimum Gasteiger partial charge on any atom is -0.453 e. The number of aromatic amines is 1. The van der Waals surface area contributed by atoms with Crippen LogP contribution in [0.15, 0.2) is 70.6 Å². The second-order valence-corrected chi connectivity index (χ2v) is 17.9. The van der Waals surface area contributed by atoms with Crippen LogP contribution in [0.25, 0.3) is 38.4 Å². The maximum Gasteiger partial charge on any atom is 0.407 e. The van der Waals surface area contributed by atoms with Crippen LogP contribution >= 0.6 is 0 Å². The van der Waals surface area contributed by atoms with Crippen molar-refractivity contribution in [1.82, 2.24) is 30.4 Å². The Morgan fingerprint density at radius 2 is 1.39 bits per heavy atom. The first-order valence-corrected chi connectivity index (χ1v) is 22.0. The predicted molar refractivity (Wildman–Crippen MR) is 238 cm³/mol. The van der Waals surface area contributed by atoms with E-state index in [0.29, 0.717) is 36.1 Å². The van der Waals surface area contributed by atoms with Crippen molar-refractivity contribution >= 4 is 57.0 Å². The molecule has 4 heterocycles. The highest BCUT2D eigenvalue weighted by Gasteiger charge is 2.48. The van der Waals surface area contributed by atoms with Crippen molar-refractivity contribution in [1.29, 1.82) is 0 Å². The Balaban J connectivity index is 1.01. The molecule has 3 aliphatic heterocycles. The van der Waals surface area contributed by atoms with Gasteiger partial charge in [-0.15, -0.1) is 0 Å². The number of methoxy groups -OCH3 is 2. The van der Waals surface area contributed by atoms with Crippen LogP contribution in [0, 0.1) is 17.8 Å². The molecule has 3 fully saturated rings. The van der Waals surface area contributed by atoms with Gasteiger partial charge in [0.05, 0.1) is 37.2 Å². The molecule has 8 rings (SSSR count). The van der Waals surface area contributed by atoms with Gasteiger partial charge in [-0.3, -0.25) is 19.4 Å². The number of carbonyl (C=O) groups is 4. The summed E-state index contributed by atoms with van der Waals surface area (Å²) in [6.07, 6.45) is 7.63. The van der Waals surface area contributed by atoms with Gasteiger partial charge in [0, 0.05) is 30.9 Å². The van der Waals surface area contributed by atoms with Crippen molar-refractivity contribution < 1.29 is 28.7 Å². The van der Waals surface area contributed by atoms with Crippen molar-refractivity contribution in [3.8, 4) is 11.1 Å². The summed E-state index contributed by atoms with van der Waals surface area (Å²) in [5.41, 5.74) is 5.29. The highest BCUT2D eigenvalue weighted by Crippen LogP contribution is 2.46. The number of ether oxygens (including phenoxy) is 2. The van der Waals surface area contributed by atoms with Gasteiger partial charge in [0.1, 0.15) is 17.9 Å². The molecule has 4 amide bonds. The predicted octanol–water partition coefficient (Wildman–Crippen LogP) is 7.51. The van der Waals surface area contributed by atoms with Gasteiger partial charge < -0.3 is 34.9 Å². The van der Waals surface area contributed by atoms with E-state index in [1.165, 1.54) is 14.2 Å². The highest BCUT2D eigenvalue weighted by atomic mass is 16.5. The lowest BCUT2D eigenvalue weighted by atomic mass is 9.84. The number of H-pyrrole nitrogens is 1. The molecule has 4 aromatic rings. The van der Waals surface area contributed by atoms with Crippen molar-refractivity contribution in [2.24, 2.45) is 22.7 Å². The van der Waals surface area contributed by atoms with Crippen molar-refractivity contribution in [3.63, 3.8) is 0 Å². The molecule has 0 spiro atoms. The lowest BCUT2D eigenvalue weighted by Crippen LogP contribution is -2.54. The van der Waals surface area contributed by atoms with Crippen LogP contribution in [-0.2, 0) is 19.1 Å². The SMILES string of the molecule is COC(=O)N[C@H](C(=O)N1CCC[C@H]1C1=NC=C(c2ccc3cc(-c4ccc5c(=O)[nH]c([C@@H]6C[C@@H]7CCCC[C@@H]7N6C(=O)[C@@H](NC(=O)OC)C(C)C)nc5c4)ccc3c2)C1)C(C)C. The van der Waals surface area contributed by atoms with E-state index in [-0.39, 0.29) is 47.2 Å². The van der Waals surface area contributed by atoms with Crippen LogP contribution < -0.4 is 16.2 Å². The summed E-state index contributed by atoms with van der Waals surface area (Å²) in [6.45, 7) is 8.24. The maximum atomic E-state index is 14.3. The van der Waals surface area contributed by atoms with Gasteiger partial charge >= 0.3 is 12.2 Å². The zero-order valence-corrected chi connectivity index (χ0v) is 36.4. The molecule has 0 radical (unpaired) electrons. The molecule has 1 aliphatic carbocycles. The molecule has 1 aromatic heterocycles. The minimum absolute atomic E-state index is 0.00103. The van der Waals surface area contributed by atoms with E-state index >= 15 is 0 Å². The van der Waals surface area contributed by atoms with Crippen molar-refractivity contribution in [2.45, 2.75) is 109 Å². The number of aliphatic imine (C=N–C) groups is 1. The minimum atomic E-state index is -0.781. The molecule has 14 heteroatoms. The van der Waals surface area contributed by atoms with E-state index in [1.807, 2.05) is 61.9 Å². The first-order chi connectivity index (χ1) is 29.8. The summed E-state index contributed by atoms with van der Waals surface area (Å²) in [7, 11) is 2.58. The number of aromatic nitrogens is 2. The monoisotopic (exact) mass is 843 g/mol. The van der Waals surface area contributed by atoms with E-state index in [1.54, 1.807) is 0 Å². The summed E-state index contributed by atoms with van der Waals surface area (Å²) in [5, 5.41) is 8.07. The Morgan fingerprint density at radius 3 is 2.08 bits per heavy atom. The normalized spacial score (nSPS) is 22.1. The van der Waals surface area contributed by atoms with E-state index in [4.69, 9.17) is 19.5 Å². The molecule has 14 nitrogen and oxygen atoms in total. The van der Waals surface area contributed by atoms with Crippen LogP contribution in [0.1, 0.15) is 96.5 Å². The molecule has 2 saturated heterocycles. The topological polar surface area (TPSA) is 175 Å². The van der Waals surface area contributed by atoms with E-state index in [9.17, 15) is 24.0 Å². The standard InChI is InChI=1S/C48H57N7O7/c1-26(2)41(51-47(59)61-5)45(57)54-19-9-12-39(54)37-23-34(25-49-37)31-16-15-28-20-30(14-13-29(28)21-31)32-17-18-35-36(22-32)50-43(53-44(35)56)40-24-33-10-7-8-11-38(33)55(40)46(58)42(27(3)4)52-48(60)62-6/h13-18,20-22,25-27,33,38-42H,7-12,19,23-24H2,1-6H3,(H,51,59)(H,52,60)(H,50,53,56)/t33-,38-,39-,40-,41-,42-/m0/s1. The summed E-state index contributed by atoms with van der Waals surface area (Å²) >= 11 is 0. The largest absolute Gasteiger partial charge is 0.453 e. The van der Waals surface area contributed by atoms with Gasteiger partial charge in [-0.25, -0.2) is 14.6 Å².